The predicted molar refractivity (Wildman–Crippen MR) is 79.4 cm³/mol. The number of ether oxygens (including phenoxy) is 1. The first kappa shape index (κ1) is 14.5. The summed E-state index contributed by atoms with van der Waals surface area (Å²) in [5, 5.41) is 0. The fraction of sp³-hybridized carbons (Fsp3) is 0.294. The lowest BCUT2D eigenvalue weighted by Crippen LogP contribution is -2.15. The SMILES string of the molecule is CCCOc1ccccc1C(N)c1cc(C)ccc1F. The van der Waals surface area contributed by atoms with Crippen LogP contribution in [0.5, 0.6) is 5.75 Å². The Balaban J connectivity index is 2.37. The van der Waals surface area contributed by atoms with Crippen LogP contribution in [0.4, 0.5) is 4.39 Å². The van der Waals surface area contributed by atoms with E-state index in [4.69, 9.17) is 10.5 Å². The molecule has 0 aromatic heterocycles. The van der Waals surface area contributed by atoms with Crippen LogP contribution in [0.1, 0.15) is 36.1 Å². The maximum absolute atomic E-state index is 14.0. The van der Waals surface area contributed by atoms with Crippen LogP contribution in [0.25, 0.3) is 0 Å². The van der Waals surface area contributed by atoms with Gasteiger partial charge in [-0.1, -0.05) is 42.8 Å². The molecule has 2 rings (SSSR count). The molecule has 0 saturated carbocycles. The van der Waals surface area contributed by atoms with Gasteiger partial charge in [0.15, 0.2) is 0 Å². The zero-order valence-corrected chi connectivity index (χ0v) is 11.9. The van der Waals surface area contributed by atoms with Gasteiger partial charge in [-0.2, -0.15) is 0 Å². The number of halogens is 1. The van der Waals surface area contributed by atoms with Gasteiger partial charge in [-0.3, -0.25) is 0 Å². The van der Waals surface area contributed by atoms with E-state index >= 15 is 0 Å². The molecule has 0 heterocycles. The minimum Gasteiger partial charge on any atom is -0.493 e. The molecule has 0 aliphatic rings. The summed E-state index contributed by atoms with van der Waals surface area (Å²) in [4.78, 5) is 0. The molecule has 3 heteroatoms. The van der Waals surface area contributed by atoms with Crippen molar-refractivity contribution >= 4 is 0 Å². The fourth-order valence-corrected chi connectivity index (χ4v) is 2.15. The topological polar surface area (TPSA) is 35.2 Å². The van der Waals surface area contributed by atoms with E-state index in [2.05, 4.69) is 0 Å². The summed E-state index contributed by atoms with van der Waals surface area (Å²) >= 11 is 0. The van der Waals surface area contributed by atoms with Gasteiger partial charge in [0.05, 0.1) is 12.6 Å². The maximum Gasteiger partial charge on any atom is 0.128 e. The quantitative estimate of drug-likeness (QED) is 0.894. The Bertz CT molecular complexity index is 583. The predicted octanol–water partition coefficient (Wildman–Crippen LogP) is 3.97. The summed E-state index contributed by atoms with van der Waals surface area (Å²) in [7, 11) is 0. The minimum absolute atomic E-state index is 0.284. The molecule has 1 unspecified atom stereocenters. The van der Waals surface area contributed by atoms with Crippen LogP contribution in [0.2, 0.25) is 0 Å². The second-order valence-electron chi connectivity index (χ2n) is 4.89. The van der Waals surface area contributed by atoms with Crippen molar-refractivity contribution in [1.29, 1.82) is 0 Å². The summed E-state index contributed by atoms with van der Waals surface area (Å²) < 4.78 is 19.7. The average molecular weight is 273 g/mol. The third-order valence-electron chi connectivity index (χ3n) is 3.20. The Morgan fingerprint density at radius 2 is 1.90 bits per heavy atom. The van der Waals surface area contributed by atoms with E-state index in [0.29, 0.717) is 12.2 Å². The molecule has 0 saturated heterocycles. The number of hydrogen-bond donors (Lipinski definition) is 1. The average Bonchev–Trinajstić information content (AvgIpc) is 2.47. The van der Waals surface area contributed by atoms with Crippen LogP contribution in [0, 0.1) is 12.7 Å². The van der Waals surface area contributed by atoms with E-state index in [-0.39, 0.29) is 5.82 Å². The third-order valence-corrected chi connectivity index (χ3v) is 3.20. The molecule has 0 spiro atoms. The molecule has 1 atom stereocenters. The van der Waals surface area contributed by atoms with Crippen molar-refractivity contribution in [1.82, 2.24) is 0 Å². The van der Waals surface area contributed by atoms with E-state index in [0.717, 1.165) is 23.3 Å². The zero-order chi connectivity index (χ0) is 14.5. The summed E-state index contributed by atoms with van der Waals surface area (Å²) in [5.41, 5.74) is 8.54. The second-order valence-corrected chi connectivity index (χ2v) is 4.89. The van der Waals surface area contributed by atoms with Crippen molar-refractivity contribution in [3.05, 3.63) is 65.0 Å². The molecule has 0 aliphatic carbocycles. The zero-order valence-electron chi connectivity index (χ0n) is 11.9. The van der Waals surface area contributed by atoms with Crippen molar-refractivity contribution in [3.63, 3.8) is 0 Å². The first-order chi connectivity index (χ1) is 9.63. The molecular formula is C17H20FNO. The monoisotopic (exact) mass is 273 g/mol. The summed E-state index contributed by atoms with van der Waals surface area (Å²) in [6, 6.07) is 12.0. The lowest BCUT2D eigenvalue weighted by Gasteiger charge is -2.18. The Kier molecular flexibility index (Phi) is 4.74. The molecule has 0 amide bonds. The molecule has 0 radical (unpaired) electrons. The number of para-hydroxylation sites is 1. The normalized spacial score (nSPS) is 12.2. The number of benzene rings is 2. The molecule has 0 fully saturated rings. The molecule has 2 aromatic carbocycles. The van der Waals surface area contributed by atoms with Gasteiger partial charge in [0, 0.05) is 11.1 Å². The van der Waals surface area contributed by atoms with Crippen molar-refractivity contribution < 1.29 is 9.13 Å². The Morgan fingerprint density at radius 1 is 1.15 bits per heavy atom. The van der Waals surface area contributed by atoms with Gasteiger partial charge in [-0.05, 0) is 25.5 Å². The van der Waals surface area contributed by atoms with Gasteiger partial charge in [0.2, 0.25) is 0 Å². The van der Waals surface area contributed by atoms with Gasteiger partial charge in [0.25, 0.3) is 0 Å². The summed E-state index contributed by atoms with van der Waals surface area (Å²) in [6.07, 6.45) is 0.919. The van der Waals surface area contributed by atoms with Crippen LogP contribution in [-0.4, -0.2) is 6.61 Å². The number of rotatable bonds is 5. The van der Waals surface area contributed by atoms with Gasteiger partial charge < -0.3 is 10.5 Å². The molecule has 2 N–H and O–H groups in total. The van der Waals surface area contributed by atoms with Gasteiger partial charge in [-0.25, -0.2) is 4.39 Å². The smallest absolute Gasteiger partial charge is 0.128 e. The Labute approximate surface area is 119 Å². The standard InChI is InChI=1S/C17H20FNO/c1-3-10-20-16-7-5-4-6-13(16)17(19)14-11-12(2)8-9-15(14)18/h4-9,11,17H,3,10,19H2,1-2H3. The molecular weight excluding hydrogens is 253 g/mol. The maximum atomic E-state index is 14.0. The lowest BCUT2D eigenvalue weighted by atomic mass is 9.97. The number of nitrogens with two attached hydrogens (primary N) is 1. The highest BCUT2D eigenvalue weighted by atomic mass is 19.1. The van der Waals surface area contributed by atoms with E-state index in [1.807, 2.05) is 38.1 Å². The first-order valence-electron chi connectivity index (χ1n) is 6.86. The highest BCUT2D eigenvalue weighted by molar-refractivity contribution is 5.42. The molecule has 106 valence electrons. The van der Waals surface area contributed by atoms with E-state index in [1.54, 1.807) is 12.1 Å². The molecule has 0 bridgehead atoms. The number of hydrogen-bond acceptors (Lipinski definition) is 2. The second kappa shape index (κ2) is 6.53. The van der Waals surface area contributed by atoms with Crippen LogP contribution in [0.3, 0.4) is 0 Å². The summed E-state index contributed by atoms with van der Waals surface area (Å²) in [6.45, 7) is 4.60. The van der Waals surface area contributed by atoms with Gasteiger partial charge in [0.1, 0.15) is 11.6 Å². The third kappa shape index (κ3) is 3.17. The lowest BCUT2D eigenvalue weighted by molar-refractivity contribution is 0.313. The van der Waals surface area contributed by atoms with Gasteiger partial charge >= 0.3 is 0 Å². The molecule has 2 nitrogen and oxygen atoms in total. The Hall–Kier alpha value is -1.87. The fourth-order valence-electron chi connectivity index (χ4n) is 2.15. The van der Waals surface area contributed by atoms with Crippen LogP contribution >= 0.6 is 0 Å². The van der Waals surface area contributed by atoms with Crippen LogP contribution in [-0.2, 0) is 0 Å². The first-order valence-corrected chi connectivity index (χ1v) is 6.86. The van der Waals surface area contributed by atoms with Crippen molar-refractivity contribution in [3.8, 4) is 5.75 Å². The summed E-state index contributed by atoms with van der Waals surface area (Å²) in [5.74, 6) is 0.441. The van der Waals surface area contributed by atoms with E-state index < -0.39 is 6.04 Å². The largest absolute Gasteiger partial charge is 0.493 e. The molecule has 2 aromatic rings. The van der Waals surface area contributed by atoms with Crippen LogP contribution in [0.15, 0.2) is 42.5 Å². The highest BCUT2D eigenvalue weighted by Crippen LogP contribution is 2.30. The Morgan fingerprint density at radius 3 is 2.65 bits per heavy atom. The molecule has 0 aliphatic heterocycles. The van der Waals surface area contributed by atoms with Crippen LogP contribution < -0.4 is 10.5 Å². The van der Waals surface area contributed by atoms with Crippen molar-refractivity contribution in [2.45, 2.75) is 26.3 Å². The van der Waals surface area contributed by atoms with E-state index in [1.165, 1.54) is 6.07 Å². The number of aryl methyl sites for hydroxylation is 1. The molecule has 20 heavy (non-hydrogen) atoms. The highest BCUT2D eigenvalue weighted by Gasteiger charge is 2.17. The van der Waals surface area contributed by atoms with Crippen molar-refractivity contribution in [2.24, 2.45) is 5.73 Å². The van der Waals surface area contributed by atoms with E-state index in [9.17, 15) is 4.39 Å². The van der Waals surface area contributed by atoms with Gasteiger partial charge in [-0.15, -0.1) is 0 Å². The minimum atomic E-state index is -0.525. The van der Waals surface area contributed by atoms with Crippen molar-refractivity contribution in [2.75, 3.05) is 6.61 Å².